The van der Waals surface area contributed by atoms with Crippen molar-refractivity contribution < 1.29 is 4.43 Å². The van der Waals surface area contributed by atoms with Gasteiger partial charge in [0, 0.05) is 0 Å². The standard InChI is InChI=1S/C9H21ClOSi/c1-4-6-9(11-12,7-5-2)8(3)10/h8H,4-7H2,1-3,12H3. The molecule has 12 heavy (non-hydrogen) atoms. The van der Waals surface area contributed by atoms with E-state index in [1.807, 2.05) is 6.92 Å². The van der Waals surface area contributed by atoms with Gasteiger partial charge >= 0.3 is 0 Å². The maximum absolute atomic E-state index is 6.16. The predicted molar refractivity (Wildman–Crippen MR) is 58.9 cm³/mol. The van der Waals surface area contributed by atoms with Crippen LogP contribution in [-0.2, 0) is 4.43 Å². The molecule has 0 bridgehead atoms. The summed E-state index contributed by atoms with van der Waals surface area (Å²) in [4.78, 5) is 0. The Bertz CT molecular complexity index is 111. The van der Waals surface area contributed by atoms with Crippen LogP contribution in [0.4, 0.5) is 0 Å². The summed E-state index contributed by atoms with van der Waals surface area (Å²) >= 11 is 6.16. The molecule has 74 valence electrons. The van der Waals surface area contributed by atoms with E-state index in [4.69, 9.17) is 16.0 Å². The first-order valence-electron chi connectivity index (χ1n) is 4.82. The van der Waals surface area contributed by atoms with Crippen LogP contribution in [0.5, 0.6) is 0 Å². The van der Waals surface area contributed by atoms with Crippen molar-refractivity contribution in [2.75, 3.05) is 0 Å². The van der Waals surface area contributed by atoms with Gasteiger partial charge in [-0.3, -0.25) is 0 Å². The first-order valence-corrected chi connectivity index (χ1v) is 6.07. The Hall–Kier alpha value is 0.467. The summed E-state index contributed by atoms with van der Waals surface area (Å²) < 4.78 is 5.69. The molecule has 0 heterocycles. The van der Waals surface area contributed by atoms with E-state index in [-0.39, 0.29) is 11.0 Å². The maximum atomic E-state index is 6.16. The fourth-order valence-corrected chi connectivity index (χ4v) is 2.95. The maximum Gasteiger partial charge on any atom is 0.146 e. The van der Waals surface area contributed by atoms with Crippen LogP contribution in [0.25, 0.3) is 0 Å². The van der Waals surface area contributed by atoms with Crippen molar-refractivity contribution >= 4 is 22.1 Å². The number of halogens is 1. The van der Waals surface area contributed by atoms with Gasteiger partial charge in [0.05, 0.1) is 11.0 Å². The lowest BCUT2D eigenvalue weighted by Gasteiger charge is -2.35. The first kappa shape index (κ1) is 12.5. The van der Waals surface area contributed by atoms with Crippen LogP contribution in [-0.4, -0.2) is 21.5 Å². The third kappa shape index (κ3) is 3.07. The Morgan fingerprint density at radius 1 is 1.33 bits per heavy atom. The number of rotatable bonds is 6. The van der Waals surface area contributed by atoms with E-state index >= 15 is 0 Å². The smallest absolute Gasteiger partial charge is 0.146 e. The predicted octanol–water partition coefficient (Wildman–Crippen LogP) is 2.25. The zero-order valence-electron chi connectivity index (χ0n) is 8.69. The molecule has 0 saturated carbocycles. The van der Waals surface area contributed by atoms with Gasteiger partial charge < -0.3 is 4.43 Å². The second kappa shape index (κ2) is 6.00. The van der Waals surface area contributed by atoms with E-state index in [0.29, 0.717) is 0 Å². The van der Waals surface area contributed by atoms with Crippen molar-refractivity contribution in [2.24, 2.45) is 0 Å². The highest BCUT2D eigenvalue weighted by Gasteiger charge is 2.32. The minimum absolute atomic E-state index is 0.0305. The van der Waals surface area contributed by atoms with E-state index in [1.165, 1.54) is 0 Å². The molecule has 0 amide bonds. The summed E-state index contributed by atoms with van der Waals surface area (Å²) in [6.07, 6.45) is 4.49. The molecule has 1 nitrogen and oxygen atoms in total. The molecule has 3 heteroatoms. The topological polar surface area (TPSA) is 9.23 Å². The van der Waals surface area contributed by atoms with Crippen molar-refractivity contribution in [3.8, 4) is 0 Å². The van der Waals surface area contributed by atoms with Crippen LogP contribution >= 0.6 is 11.6 Å². The monoisotopic (exact) mass is 208 g/mol. The van der Waals surface area contributed by atoms with E-state index in [0.717, 1.165) is 36.2 Å². The Balaban J connectivity index is 4.28. The van der Waals surface area contributed by atoms with Gasteiger partial charge in [-0.05, 0) is 19.8 Å². The lowest BCUT2D eigenvalue weighted by atomic mass is 9.90. The highest BCUT2D eigenvalue weighted by Crippen LogP contribution is 2.30. The third-order valence-corrected chi connectivity index (χ3v) is 3.69. The molecule has 0 aromatic heterocycles. The van der Waals surface area contributed by atoms with Crippen LogP contribution < -0.4 is 0 Å². The average molecular weight is 209 g/mol. The summed E-state index contributed by atoms with van der Waals surface area (Å²) in [5.41, 5.74) is -0.0305. The van der Waals surface area contributed by atoms with Gasteiger partial charge in [-0.15, -0.1) is 11.6 Å². The zero-order valence-corrected chi connectivity index (χ0v) is 11.4. The minimum Gasteiger partial charge on any atom is -0.421 e. The third-order valence-electron chi connectivity index (χ3n) is 2.48. The molecular weight excluding hydrogens is 188 g/mol. The lowest BCUT2D eigenvalue weighted by molar-refractivity contribution is 0.0583. The van der Waals surface area contributed by atoms with Crippen LogP contribution in [0.3, 0.4) is 0 Å². The second-order valence-electron chi connectivity index (χ2n) is 3.38. The Labute approximate surface area is 84.4 Å². The van der Waals surface area contributed by atoms with Gasteiger partial charge in [-0.25, -0.2) is 0 Å². The highest BCUT2D eigenvalue weighted by molar-refractivity contribution is 6.21. The molecule has 0 spiro atoms. The van der Waals surface area contributed by atoms with Crippen LogP contribution in [0.1, 0.15) is 46.5 Å². The summed E-state index contributed by atoms with van der Waals surface area (Å²) in [6.45, 7) is 6.42. The van der Waals surface area contributed by atoms with Crippen molar-refractivity contribution in [2.45, 2.75) is 57.4 Å². The number of hydrogen-bond acceptors (Lipinski definition) is 1. The molecular formula is C9H21ClOSi. The number of alkyl halides is 1. The molecule has 0 aliphatic carbocycles. The summed E-state index contributed by atoms with van der Waals surface area (Å²) in [7, 11) is 0.788. The molecule has 0 aromatic carbocycles. The van der Waals surface area contributed by atoms with Gasteiger partial charge in [0.1, 0.15) is 10.5 Å². The lowest BCUT2D eigenvalue weighted by Crippen LogP contribution is -2.39. The van der Waals surface area contributed by atoms with Crippen molar-refractivity contribution in [1.29, 1.82) is 0 Å². The van der Waals surface area contributed by atoms with Gasteiger partial charge in [0.25, 0.3) is 0 Å². The van der Waals surface area contributed by atoms with Crippen LogP contribution in [0.15, 0.2) is 0 Å². The zero-order chi connectivity index (χ0) is 9.61. The molecule has 0 aliphatic rings. The average Bonchev–Trinajstić information content (AvgIpc) is 2.03. The summed E-state index contributed by atoms with van der Waals surface area (Å²) in [5.74, 6) is 0. The summed E-state index contributed by atoms with van der Waals surface area (Å²) in [5, 5.41) is 0.134. The molecule has 0 aliphatic heterocycles. The molecule has 0 fully saturated rings. The van der Waals surface area contributed by atoms with Gasteiger partial charge in [-0.1, -0.05) is 26.7 Å². The SMILES string of the molecule is CCCC(CCC)(O[SiH3])C(C)Cl. The molecule has 0 aromatic rings. The number of hydrogen-bond donors (Lipinski definition) is 0. The molecule has 0 rings (SSSR count). The van der Waals surface area contributed by atoms with Crippen LogP contribution in [0.2, 0.25) is 0 Å². The molecule has 1 atom stereocenters. The molecule has 0 saturated heterocycles. The quantitative estimate of drug-likeness (QED) is 0.481. The van der Waals surface area contributed by atoms with Crippen molar-refractivity contribution in [3.63, 3.8) is 0 Å². The molecule has 1 unspecified atom stereocenters. The van der Waals surface area contributed by atoms with E-state index < -0.39 is 0 Å². The van der Waals surface area contributed by atoms with Crippen molar-refractivity contribution in [1.82, 2.24) is 0 Å². The normalized spacial score (nSPS) is 15.0. The Kier molecular flexibility index (Phi) is 6.24. The molecule has 0 N–H and O–H groups in total. The second-order valence-corrected chi connectivity index (χ2v) is 4.45. The largest absolute Gasteiger partial charge is 0.421 e. The summed E-state index contributed by atoms with van der Waals surface area (Å²) in [6, 6.07) is 0. The fraction of sp³-hybridized carbons (Fsp3) is 1.00. The Morgan fingerprint density at radius 3 is 1.92 bits per heavy atom. The first-order chi connectivity index (χ1) is 5.63. The molecule has 0 radical (unpaired) electrons. The Morgan fingerprint density at radius 2 is 1.75 bits per heavy atom. The fourth-order valence-electron chi connectivity index (χ4n) is 1.74. The minimum atomic E-state index is -0.0305. The highest BCUT2D eigenvalue weighted by atomic mass is 35.5. The van der Waals surface area contributed by atoms with E-state index in [2.05, 4.69) is 13.8 Å². The van der Waals surface area contributed by atoms with Gasteiger partial charge in [0.15, 0.2) is 0 Å². The van der Waals surface area contributed by atoms with Crippen molar-refractivity contribution in [3.05, 3.63) is 0 Å². The van der Waals surface area contributed by atoms with Crippen LogP contribution in [0, 0.1) is 0 Å². The van der Waals surface area contributed by atoms with E-state index in [9.17, 15) is 0 Å². The van der Waals surface area contributed by atoms with E-state index in [1.54, 1.807) is 0 Å². The van der Waals surface area contributed by atoms with Gasteiger partial charge in [0.2, 0.25) is 0 Å². The van der Waals surface area contributed by atoms with Gasteiger partial charge in [-0.2, -0.15) is 0 Å².